The first-order chi connectivity index (χ1) is 10.8. The largest absolute Gasteiger partial charge is 0.392 e. The molecule has 0 aromatic heterocycles. The number of rotatable bonds is 0. The van der Waals surface area contributed by atoms with Gasteiger partial charge >= 0.3 is 0 Å². The van der Waals surface area contributed by atoms with Crippen LogP contribution in [0.15, 0.2) is 11.6 Å². The van der Waals surface area contributed by atoms with Gasteiger partial charge in [-0.3, -0.25) is 0 Å². The lowest BCUT2D eigenvalue weighted by molar-refractivity contribution is -0.124. The van der Waals surface area contributed by atoms with Gasteiger partial charge in [0.2, 0.25) is 0 Å². The molecule has 4 rings (SSSR count). The summed E-state index contributed by atoms with van der Waals surface area (Å²) in [6.45, 7) is 4.40. The van der Waals surface area contributed by atoms with Crippen LogP contribution in [0.4, 0.5) is 0 Å². The van der Waals surface area contributed by atoms with Crippen LogP contribution < -0.4 is 0 Å². The number of aliphatic hydroxyl groups is 4. The first-order valence-electron chi connectivity index (χ1n) is 9.21. The monoisotopic (exact) mass is 322 g/mol. The summed E-state index contributed by atoms with van der Waals surface area (Å²) in [5.74, 6) is 0.727. The number of hydrogen-bond donors (Lipinski definition) is 4. The summed E-state index contributed by atoms with van der Waals surface area (Å²) >= 11 is 0. The third-order valence-electron chi connectivity index (χ3n) is 8.08. The average molecular weight is 322 g/mol. The van der Waals surface area contributed by atoms with Gasteiger partial charge in [0.15, 0.2) is 0 Å². The van der Waals surface area contributed by atoms with Crippen molar-refractivity contribution < 1.29 is 20.4 Å². The van der Waals surface area contributed by atoms with E-state index in [-0.39, 0.29) is 28.8 Å². The van der Waals surface area contributed by atoms with E-state index >= 15 is 0 Å². The van der Waals surface area contributed by atoms with Gasteiger partial charge in [-0.1, -0.05) is 25.5 Å². The Hall–Kier alpha value is -0.420. The molecule has 0 radical (unpaired) electrons. The highest BCUT2D eigenvalue weighted by atomic mass is 16.3. The van der Waals surface area contributed by atoms with Gasteiger partial charge in [-0.05, 0) is 67.1 Å². The molecule has 4 aliphatic carbocycles. The molecule has 0 aromatic rings. The SMILES string of the molecule is C[C@]12CC[C@H](O)C=C1C[C@@H](O)C1C2CC[C@@]2(C)C1C[C@@H](O)[C@@H]2O. The van der Waals surface area contributed by atoms with E-state index in [1.54, 1.807) is 0 Å². The van der Waals surface area contributed by atoms with E-state index in [2.05, 4.69) is 13.8 Å². The normalized spacial score (nSPS) is 58.9. The molecule has 4 aliphatic rings. The van der Waals surface area contributed by atoms with Crippen molar-refractivity contribution in [3.8, 4) is 0 Å². The van der Waals surface area contributed by atoms with E-state index in [1.165, 1.54) is 5.57 Å². The molecule has 3 saturated carbocycles. The predicted octanol–water partition coefficient (Wildman–Crippen LogP) is 1.61. The zero-order chi connectivity index (χ0) is 16.6. The maximum atomic E-state index is 10.9. The third kappa shape index (κ3) is 2.05. The van der Waals surface area contributed by atoms with E-state index in [4.69, 9.17) is 0 Å². The minimum Gasteiger partial charge on any atom is -0.392 e. The summed E-state index contributed by atoms with van der Waals surface area (Å²) in [6.07, 6.45) is 4.77. The van der Waals surface area contributed by atoms with Crippen LogP contribution in [0.1, 0.15) is 52.4 Å². The first kappa shape index (κ1) is 16.1. The Labute approximate surface area is 138 Å². The van der Waals surface area contributed by atoms with Crippen molar-refractivity contribution in [2.75, 3.05) is 0 Å². The summed E-state index contributed by atoms with van der Waals surface area (Å²) in [7, 11) is 0. The van der Waals surface area contributed by atoms with Gasteiger partial charge in [-0.15, -0.1) is 0 Å². The molecule has 23 heavy (non-hydrogen) atoms. The lowest BCUT2D eigenvalue weighted by Gasteiger charge is -2.59. The van der Waals surface area contributed by atoms with Crippen molar-refractivity contribution in [3.63, 3.8) is 0 Å². The van der Waals surface area contributed by atoms with E-state index in [9.17, 15) is 20.4 Å². The molecule has 9 atom stereocenters. The molecule has 3 unspecified atom stereocenters. The molecule has 4 heteroatoms. The molecular weight excluding hydrogens is 292 g/mol. The quantitative estimate of drug-likeness (QED) is 0.511. The van der Waals surface area contributed by atoms with Crippen LogP contribution in [-0.2, 0) is 0 Å². The van der Waals surface area contributed by atoms with Crippen molar-refractivity contribution in [3.05, 3.63) is 11.6 Å². The van der Waals surface area contributed by atoms with Crippen LogP contribution in [0.5, 0.6) is 0 Å². The third-order valence-corrected chi connectivity index (χ3v) is 8.08. The summed E-state index contributed by atoms with van der Waals surface area (Å²) in [6, 6.07) is 0. The van der Waals surface area contributed by atoms with Gasteiger partial charge in [-0.2, -0.15) is 0 Å². The van der Waals surface area contributed by atoms with Crippen LogP contribution in [0, 0.1) is 28.6 Å². The zero-order valence-corrected chi connectivity index (χ0v) is 14.2. The second-order valence-electron chi connectivity index (χ2n) is 9.07. The molecule has 0 saturated heterocycles. The Morgan fingerprint density at radius 1 is 0.957 bits per heavy atom. The van der Waals surface area contributed by atoms with E-state index in [0.717, 1.165) is 25.7 Å². The summed E-state index contributed by atoms with van der Waals surface area (Å²) in [5.41, 5.74) is 1.02. The fraction of sp³-hybridized carbons (Fsp3) is 0.895. The topological polar surface area (TPSA) is 80.9 Å². The standard InChI is InChI=1S/C19H30O4/c1-18-5-3-11(20)7-10(18)8-14(21)16-12(18)4-6-19(2)13(16)9-15(22)17(19)23/h7,11-17,20-23H,3-6,8-9H2,1-2H3/t11-,12?,13?,14+,15+,16?,17-,18-,19-/m0/s1. The lowest BCUT2D eigenvalue weighted by atomic mass is 9.46. The van der Waals surface area contributed by atoms with Gasteiger partial charge in [0.25, 0.3) is 0 Å². The number of hydrogen-bond acceptors (Lipinski definition) is 4. The molecular formula is C19H30O4. The fourth-order valence-corrected chi connectivity index (χ4v) is 6.67. The molecule has 4 N–H and O–H groups in total. The Morgan fingerprint density at radius 2 is 1.70 bits per heavy atom. The van der Waals surface area contributed by atoms with Gasteiger partial charge < -0.3 is 20.4 Å². The molecule has 0 amide bonds. The fourth-order valence-electron chi connectivity index (χ4n) is 6.67. The minimum absolute atomic E-state index is 0.0585. The van der Waals surface area contributed by atoms with Crippen LogP contribution >= 0.6 is 0 Å². The molecule has 3 fully saturated rings. The summed E-state index contributed by atoms with van der Waals surface area (Å²) < 4.78 is 0. The molecule has 0 heterocycles. The number of aliphatic hydroxyl groups excluding tert-OH is 4. The maximum absolute atomic E-state index is 10.9. The van der Waals surface area contributed by atoms with E-state index < -0.39 is 18.3 Å². The van der Waals surface area contributed by atoms with Gasteiger partial charge in [0.05, 0.1) is 24.4 Å². The van der Waals surface area contributed by atoms with Gasteiger partial charge in [0.1, 0.15) is 0 Å². The second-order valence-corrected chi connectivity index (χ2v) is 9.07. The average Bonchev–Trinajstić information content (AvgIpc) is 2.73. The van der Waals surface area contributed by atoms with Crippen LogP contribution in [0.3, 0.4) is 0 Å². The number of fused-ring (bicyclic) bond motifs is 5. The van der Waals surface area contributed by atoms with Gasteiger partial charge in [-0.25, -0.2) is 0 Å². The molecule has 0 aromatic carbocycles. The zero-order valence-electron chi connectivity index (χ0n) is 14.2. The predicted molar refractivity (Wildman–Crippen MR) is 86.5 cm³/mol. The Morgan fingerprint density at radius 3 is 2.43 bits per heavy atom. The maximum Gasteiger partial charge on any atom is 0.0855 e. The van der Waals surface area contributed by atoms with Crippen molar-refractivity contribution in [2.24, 2.45) is 28.6 Å². The highest BCUT2D eigenvalue weighted by molar-refractivity contribution is 5.27. The van der Waals surface area contributed by atoms with E-state index in [1.807, 2.05) is 6.08 Å². The van der Waals surface area contributed by atoms with Crippen molar-refractivity contribution in [1.29, 1.82) is 0 Å². The Bertz CT molecular complexity index is 531. The molecule has 0 spiro atoms. The molecule has 130 valence electrons. The summed E-state index contributed by atoms with van der Waals surface area (Å²) in [4.78, 5) is 0. The van der Waals surface area contributed by atoms with Crippen molar-refractivity contribution in [1.82, 2.24) is 0 Å². The van der Waals surface area contributed by atoms with Crippen LogP contribution in [-0.4, -0.2) is 44.8 Å². The van der Waals surface area contributed by atoms with Crippen LogP contribution in [0.25, 0.3) is 0 Å². The van der Waals surface area contributed by atoms with Crippen molar-refractivity contribution in [2.45, 2.75) is 76.8 Å². The second kappa shape index (κ2) is 5.04. The van der Waals surface area contributed by atoms with Crippen LogP contribution in [0.2, 0.25) is 0 Å². The lowest BCUT2D eigenvalue weighted by Crippen LogP contribution is -2.56. The Kier molecular flexibility index (Phi) is 3.52. The first-order valence-corrected chi connectivity index (χ1v) is 9.21. The Balaban J connectivity index is 1.73. The van der Waals surface area contributed by atoms with Gasteiger partial charge in [0, 0.05) is 0 Å². The molecule has 0 bridgehead atoms. The van der Waals surface area contributed by atoms with Crippen molar-refractivity contribution >= 4 is 0 Å². The van der Waals surface area contributed by atoms with E-state index in [0.29, 0.717) is 18.8 Å². The smallest absolute Gasteiger partial charge is 0.0855 e. The molecule has 4 nitrogen and oxygen atoms in total. The minimum atomic E-state index is -0.668. The highest BCUT2D eigenvalue weighted by Crippen LogP contribution is 2.65. The summed E-state index contributed by atoms with van der Waals surface area (Å²) in [5, 5.41) is 41.6. The highest BCUT2D eigenvalue weighted by Gasteiger charge is 2.63. The molecule has 0 aliphatic heterocycles.